The summed E-state index contributed by atoms with van der Waals surface area (Å²) in [5.41, 5.74) is 2.21. The monoisotopic (exact) mass is 329 g/mol. The molecule has 4 heteroatoms. The second-order valence-corrected chi connectivity index (χ2v) is 5.73. The molecule has 1 atom stereocenters. The van der Waals surface area contributed by atoms with Crippen molar-refractivity contribution in [2.75, 3.05) is 13.1 Å². The van der Waals surface area contributed by atoms with Gasteiger partial charge in [0.25, 0.3) is 0 Å². The number of carbonyl (C=O) groups excluding carboxylic acids is 1. The lowest BCUT2D eigenvalue weighted by molar-refractivity contribution is -0.120. The van der Waals surface area contributed by atoms with Crippen LogP contribution in [0.2, 0.25) is 0 Å². The van der Waals surface area contributed by atoms with Crippen LogP contribution in [0, 0.1) is 11.3 Å². The van der Waals surface area contributed by atoms with E-state index in [-0.39, 0.29) is 25.0 Å². The Kier molecular flexibility index (Phi) is 5.40. The van der Waals surface area contributed by atoms with Gasteiger partial charge in [0.15, 0.2) is 0 Å². The summed E-state index contributed by atoms with van der Waals surface area (Å²) < 4.78 is 0. The van der Waals surface area contributed by atoms with E-state index in [1.165, 1.54) is 0 Å². The third-order valence-corrected chi connectivity index (χ3v) is 4.10. The number of amides is 1. The van der Waals surface area contributed by atoms with Gasteiger partial charge in [0, 0.05) is 0 Å². The molecule has 0 aliphatic carbocycles. The lowest BCUT2D eigenvalue weighted by Crippen LogP contribution is -2.36. The summed E-state index contributed by atoms with van der Waals surface area (Å²) in [6.07, 6.45) is 0. The van der Waals surface area contributed by atoms with Crippen LogP contribution in [0.25, 0.3) is 10.8 Å². The van der Waals surface area contributed by atoms with Crippen molar-refractivity contribution in [3.63, 3.8) is 0 Å². The maximum atomic E-state index is 11.9. The Labute approximate surface area is 147 Å². The molecule has 2 N–H and O–H groups in total. The van der Waals surface area contributed by atoms with Gasteiger partial charge in [-0.2, -0.15) is 5.26 Å². The Hall–Kier alpha value is -3.16. The first kappa shape index (κ1) is 16.7. The molecule has 0 bridgehead atoms. The standard InChI is InChI=1S/C21H19N3O/c22-13-14-23-20(25)15-24-21(17-8-2-1-3-9-17)19-12-6-10-16-7-4-5-11-18(16)19/h1-12,21,24H,14-15H2,(H,23,25)/t21-/m1/s1. The van der Waals surface area contributed by atoms with E-state index in [1.54, 1.807) is 0 Å². The van der Waals surface area contributed by atoms with Crippen LogP contribution in [0.5, 0.6) is 0 Å². The maximum Gasteiger partial charge on any atom is 0.234 e. The van der Waals surface area contributed by atoms with E-state index < -0.39 is 0 Å². The third kappa shape index (κ3) is 4.03. The molecule has 3 aromatic rings. The lowest BCUT2D eigenvalue weighted by Gasteiger charge is -2.21. The molecule has 0 unspecified atom stereocenters. The highest BCUT2D eigenvalue weighted by Gasteiger charge is 2.17. The van der Waals surface area contributed by atoms with E-state index in [4.69, 9.17) is 5.26 Å². The number of nitrogens with one attached hydrogen (secondary N) is 2. The molecular weight excluding hydrogens is 310 g/mol. The van der Waals surface area contributed by atoms with Crippen molar-refractivity contribution in [2.45, 2.75) is 6.04 Å². The van der Waals surface area contributed by atoms with Crippen LogP contribution in [0.3, 0.4) is 0 Å². The molecule has 124 valence electrons. The van der Waals surface area contributed by atoms with Crippen LogP contribution in [-0.4, -0.2) is 19.0 Å². The molecular formula is C21H19N3O. The summed E-state index contributed by atoms with van der Waals surface area (Å²) in [5.74, 6) is -0.192. The lowest BCUT2D eigenvalue weighted by atomic mass is 9.93. The van der Waals surface area contributed by atoms with Gasteiger partial charge in [-0.15, -0.1) is 0 Å². The van der Waals surface area contributed by atoms with Gasteiger partial charge in [-0.05, 0) is 21.9 Å². The molecule has 0 saturated heterocycles. The van der Waals surface area contributed by atoms with E-state index in [9.17, 15) is 4.79 Å². The zero-order valence-corrected chi connectivity index (χ0v) is 13.8. The van der Waals surface area contributed by atoms with Crippen molar-refractivity contribution in [1.82, 2.24) is 10.6 Å². The normalized spacial score (nSPS) is 11.6. The SMILES string of the molecule is N#CCNC(=O)CN[C@H](c1ccccc1)c1cccc2ccccc12. The molecule has 0 aliphatic rings. The van der Waals surface area contributed by atoms with Crippen molar-refractivity contribution < 1.29 is 4.79 Å². The first-order valence-electron chi connectivity index (χ1n) is 8.19. The van der Waals surface area contributed by atoms with Crippen molar-refractivity contribution >= 4 is 16.7 Å². The molecule has 3 aromatic carbocycles. The van der Waals surface area contributed by atoms with Crippen LogP contribution in [0.15, 0.2) is 72.8 Å². The largest absolute Gasteiger partial charge is 0.342 e. The minimum Gasteiger partial charge on any atom is -0.342 e. The molecule has 3 rings (SSSR count). The summed E-state index contributed by atoms with van der Waals surface area (Å²) >= 11 is 0. The molecule has 0 fully saturated rings. The number of nitriles is 1. The molecule has 0 heterocycles. The quantitative estimate of drug-likeness (QED) is 0.683. The zero-order valence-electron chi connectivity index (χ0n) is 13.8. The summed E-state index contributed by atoms with van der Waals surface area (Å²) in [5, 5.41) is 16.8. The zero-order chi connectivity index (χ0) is 17.5. The first-order chi connectivity index (χ1) is 12.3. The predicted octanol–water partition coefficient (Wildman–Crippen LogP) is 3.16. The Morgan fingerprint density at radius 3 is 2.48 bits per heavy atom. The second-order valence-electron chi connectivity index (χ2n) is 5.73. The van der Waals surface area contributed by atoms with Gasteiger partial charge in [-0.25, -0.2) is 0 Å². The predicted molar refractivity (Wildman–Crippen MR) is 98.9 cm³/mol. The minimum atomic E-state index is -0.192. The van der Waals surface area contributed by atoms with Crippen molar-refractivity contribution in [3.8, 4) is 6.07 Å². The van der Waals surface area contributed by atoms with Gasteiger partial charge >= 0.3 is 0 Å². The molecule has 1 amide bonds. The van der Waals surface area contributed by atoms with E-state index in [0.29, 0.717) is 0 Å². The Morgan fingerprint density at radius 1 is 0.960 bits per heavy atom. The number of hydrogen-bond donors (Lipinski definition) is 2. The number of fused-ring (bicyclic) bond motifs is 1. The topological polar surface area (TPSA) is 64.9 Å². The average molecular weight is 329 g/mol. The second kappa shape index (κ2) is 8.09. The van der Waals surface area contributed by atoms with Gasteiger partial charge in [-0.1, -0.05) is 72.8 Å². The third-order valence-electron chi connectivity index (χ3n) is 4.10. The average Bonchev–Trinajstić information content (AvgIpc) is 2.67. The van der Waals surface area contributed by atoms with Crippen molar-refractivity contribution in [3.05, 3.63) is 83.9 Å². The number of carbonyl (C=O) groups is 1. The summed E-state index contributed by atoms with van der Waals surface area (Å²) in [6, 6.07) is 26.3. The van der Waals surface area contributed by atoms with Gasteiger partial charge in [0.1, 0.15) is 6.54 Å². The number of nitrogens with zero attached hydrogens (tertiary/aromatic N) is 1. The fourth-order valence-electron chi connectivity index (χ4n) is 2.95. The van der Waals surface area contributed by atoms with Gasteiger partial charge in [0.2, 0.25) is 5.91 Å². The van der Waals surface area contributed by atoms with Crippen LogP contribution >= 0.6 is 0 Å². The minimum absolute atomic E-state index is 0.0186. The molecule has 0 spiro atoms. The van der Waals surface area contributed by atoms with E-state index in [1.807, 2.05) is 54.6 Å². The fraction of sp³-hybridized carbons (Fsp3) is 0.143. The van der Waals surface area contributed by atoms with Crippen LogP contribution in [0.4, 0.5) is 0 Å². The van der Waals surface area contributed by atoms with Crippen molar-refractivity contribution in [1.29, 1.82) is 5.26 Å². The van der Waals surface area contributed by atoms with Gasteiger partial charge < -0.3 is 5.32 Å². The Morgan fingerprint density at radius 2 is 1.68 bits per heavy atom. The maximum absolute atomic E-state index is 11.9. The Bertz CT molecular complexity index is 894. The number of hydrogen-bond acceptors (Lipinski definition) is 3. The highest BCUT2D eigenvalue weighted by molar-refractivity contribution is 5.86. The molecule has 0 saturated carbocycles. The smallest absolute Gasteiger partial charge is 0.234 e. The number of rotatable bonds is 6. The van der Waals surface area contributed by atoms with Gasteiger partial charge in [0.05, 0.1) is 18.7 Å². The molecule has 0 aliphatic heterocycles. The van der Waals surface area contributed by atoms with Gasteiger partial charge in [-0.3, -0.25) is 10.1 Å². The number of benzene rings is 3. The summed E-state index contributed by atoms with van der Waals surface area (Å²) in [7, 11) is 0. The van der Waals surface area contributed by atoms with Crippen LogP contribution in [-0.2, 0) is 4.79 Å². The van der Waals surface area contributed by atoms with Crippen molar-refractivity contribution in [2.24, 2.45) is 0 Å². The highest BCUT2D eigenvalue weighted by Crippen LogP contribution is 2.28. The van der Waals surface area contributed by atoms with Crippen LogP contribution < -0.4 is 10.6 Å². The molecule has 4 nitrogen and oxygen atoms in total. The van der Waals surface area contributed by atoms with E-state index >= 15 is 0 Å². The molecule has 0 radical (unpaired) electrons. The fourth-order valence-corrected chi connectivity index (χ4v) is 2.95. The Balaban J connectivity index is 1.94. The summed E-state index contributed by atoms with van der Waals surface area (Å²) in [6.45, 7) is 0.162. The summed E-state index contributed by atoms with van der Waals surface area (Å²) in [4.78, 5) is 11.9. The first-order valence-corrected chi connectivity index (χ1v) is 8.19. The highest BCUT2D eigenvalue weighted by atomic mass is 16.1. The van der Waals surface area contributed by atoms with Crippen LogP contribution in [0.1, 0.15) is 17.2 Å². The van der Waals surface area contributed by atoms with E-state index in [0.717, 1.165) is 21.9 Å². The molecule has 0 aromatic heterocycles. The van der Waals surface area contributed by atoms with E-state index in [2.05, 4.69) is 34.9 Å². The molecule has 25 heavy (non-hydrogen) atoms.